The maximum absolute atomic E-state index is 12.7. The van der Waals surface area contributed by atoms with Gasteiger partial charge in [-0.15, -0.1) is 0 Å². The summed E-state index contributed by atoms with van der Waals surface area (Å²) < 4.78 is 0. The molecular weight excluding hydrogens is 450 g/mol. The van der Waals surface area contributed by atoms with Gasteiger partial charge in [-0.25, -0.2) is 14.8 Å². The average molecular weight is 477 g/mol. The Morgan fingerprint density at radius 2 is 1.53 bits per heavy atom. The van der Waals surface area contributed by atoms with Crippen LogP contribution >= 0.6 is 0 Å². The molecule has 3 atom stereocenters. The Morgan fingerprint density at radius 3 is 2.03 bits per heavy atom. The molecule has 3 unspecified atom stereocenters. The first-order valence-corrected chi connectivity index (χ1v) is 10.2. The summed E-state index contributed by atoms with van der Waals surface area (Å²) in [6, 6.07) is -3.44. The van der Waals surface area contributed by atoms with Gasteiger partial charge in [0.25, 0.3) is 0 Å². The van der Waals surface area contributed by atoms with Gasteiger partial charge in [-0.2, -0.15) is 0 Å². The first-order chi connectivity index (χ1) is 16.2. The quantitative estimate of drug-likeness (QED) is 0.135. The molecule has 0 fully saturated rings. The topological polar surface area (TPSA) is 251 Å². The van der Waals surface area contributed by atoms with E-state index in [-0.39, 0.29) is 25.7 Å². The SMILES string of the molecule is NC(=O)CCC(N)C(=O)NC(Cc1cnc[nH]1)C(=O)NCC(=O)NC(Cc1cnc[nH]1)C(=O)O. The predicted octanol–water partition coefficient (Wildman–Crippen LogP) is -3.32. The number of carboxylic acids is 1. The highest BCUT2D eigenvalue weighted by molar-refractivity contribution is 5.92. The molecular formula is C19H27N9O6. The number of rotatable bonds is 14. The molecule has 15 nitrogen and oxygen atoms in total. The molecule has 184 valence electrons. The summed E-state index contributed by atoms with van der Waals surface area (Å²) in [5, 5.41) is 16.5. The Bertz CT molecular complexity index is 977. The molecule has 0 spiro atoms. The molecule has 2 heterocycles. The third-order valence-electron chi connectivity index (χ3n) is 4.69. The average Bonchev–Trinajstić information content (AvgIpc) is 3.49. The van der Waals surface area contributed by atoms with Crippen LogP contribution in [0.15, 0.2) is 25.0 Å². The summed E-state index contributed by atoms with van der Waals surface area (Å²) in [4.78, 5) is 72.8. The third-order valence-corrected chi connectivity index (χ3v) is 4.69. The second-order valence-electron chi connectivity index (χ2n) is 7.41. The van der Waals surface area contributed by atoms with E-state index in [1.54, 1.807) is 0 Å². The lowest BCUT2D eigenvalue weighted by Crippen LogP contribution is -2.54. The predicted molar refractivity (Wildman–Crippen MR) is 115 cm³/mol. The summed E-state index contributed by atoms with van der Waals surface area (Å²) in [5.74, 6) is -4.02. The van der Waals surface area contributed by atoms with Crippen LogP contribution in [0.1, 0.15) is 24.2 Å². The van der Waals surface area contributed by atoms with Crippen molar-refractivity contribution in [1.29, 1.82) is 0 Å². The summed E-state index contributed by atoms with van der Waals surface area (Å²) in [6.45, 7) is -0.533. The van der Waals surface area contributed by atoms with Crippen molar-refractivity contribution in [2.75, 3.05) is 6.54 Å². The van der Waals surface area contributed by atoms with Crippen LogP contribution in [0.2, 0.25) is 0 Å². The standard InChI is InChI=1S/C19H27N9O6/c20-12(1-2-15(21)29)17(31)28-13(3-10-5-22-8-25-10)18(32)24-7-16(30)27-14(19(33)34)4-11-6-23-9-26-11/h5-6,8-9,12-14H,1-4,7,20H2,(H2,21,29)(H,22,25)(H,23,26)(H,24,32)(H,27,30)(H,28,31)(H,33,34). The minimum Gasteiger partial charge on any atom is -0.480 e. The van der Waals surface area contributed by atoms with Gasteiger partial charge in [-0.05, 0) is 6.42 Å². The van der Waals surface area contributed by atoms with Gasteiger partial charge in [-0.1, -0.05) is 0 Å². The number of aromatic nitrogens is 4. The normalized spacial score (nSPS) is 13.3. The lowest BCUT2D eigenvalue weighted by Gasteiger charge is -2.20. The molecule has 2 aromatic rings. The second-order valence-corrected chi connectivity index (χ2v) is 7.41. The maximum atomic E-state index is 12.7. The molecule has 0 aliphatic rings. The molecule has 0 aliphatic carbocycles. The minimum absolute atomic E-state index is 0.00508. The van der Waals surface area contributed by atoms with Crippen molar-refractivity contribution in [3.05, 3.63) is 36.4 Å². The summed E-state index contributed by atoms with van der Waals surface area (Å²) >= 11 is 0. The zero-order valence-electron chi connectivity index (χ0n) is 18.1. The summed E-state index contributed by atoms with van der Waals surface area (Å²) in [5.41, 5.74) is 11.8. The molecule has 0 saturated carbocycles. The Kier molecular flexibility index (Phi) is 9.70. The van der Waals surface area contributed by atoms with Crippen LogP contribution in [0.4, 0.5) is 0 Å². The first-order valence-electron chi connectivity index (χ1n) is 10.2. The van der Waals surface area contributed by atoms with E-state index in [0.717, 1.165) is 0 Å². The highest BCUT2D eigenvalue weighted by Gasteiger charge is 2.26. The van der Waals surface area contributed by atoms with E-state index in [1.807, 2.05) is 0 Å². The fourth-order valence-electron chi connectivity index (χ4n) is 2.89. The van der Waals surface area contributed by atoms with Crippen molar-refractivity contribution in [3.8, 4) is 0 Å². The van der Waals surface area contributed by atoms with E-state index in [1.165, 1.54) is 25.0 Å². The Hall–Kier alpha value is -4.27. The number of H-pyrrole nitrogens is 2. The Labute approximate surface area is 193 Å². The van der Waals surface area contributed by atoms with Gasteiger partial charge in [0.2, 0.25) is 23.6 Å². The zero-order valence-corrected chi connectivity index (χ0v) is 18.1. The number of nitrogens with two attached hydrogens (primary N) is 2. The summed E-state index contributed by atoms with van der Waals surface area (Å²) in [7, 11) is 0. The van der Waals surface area contributed by atoms with E-state index in [4.69, 9.17) is 11.5 Å². The number of aromatic amines is 2. The monoisotopic (exact) mass is 477 g/mol. The molecule has 0 radical (unpaired) electrons. The van der Waals surface area contributed by atoms with Crippen molar-refractivity contribution in [3.63, 3.8) is 0 Å². The van der Waals surface area contributed by atoms with Crippen molar-refractivity contribution < 1.29 is 29.1 Å². The molecule has 2 aromatic heterocycles. The fraction of sp³-hybridized carbons (Fsp3) is 0.421. The second kappa shape index (κ2) is 12.7. The van der Waals surface area contributed by atoms with Gasteiger partial charge in [0.15, 0.2) is 0 Å². The van der Waals surface area contributed by atoms with Crippen LogP contribution in [0.25, 0.3) is 0 Å². The highest BCUT2D eigenvalue weighted by atomic mass is 16.4. The Morgan fingerprint density at radius 1 is 0.941 bits per heavy atom. The van der Waals surface area contributed by atoms with Crippen molar-refractivity contribution in [1.82, 2.24) is 35.9 Å². The van der Waals surface area contributed by atoms with E-state index in [0.29, 0.717) is 11.4 Å². The van der Waals surface area contributed by atoms with Gasteiger partial charge in [0, 0.05) is 43.0 Å². The number of carbonyl (C=O) groups is 5. The third kappa shape index (κ3) is 8.70. The molecule has 4 amide bonds. The van der Waals surface area contributed by atoms with Crippen LogP contribution < -0.4 is 27.4 Å². The fourth-order valence-corrected chi connectivity index (χ4v) is 2.89. The number of hydrogen-bond acceptors (Lipinski definition) is 8. The number of primary amides is 1. The van der Waals surface area contributed by atoms with Crippen LogP contribution in [0.3, 0.4) is 0 Å². The molecule has 2 rings (SSSR count). The van der Waals surface area contributed by atoms with E-state index < -0.39 is 54.3 Å². The largest absolute Gasteiger partial charge is 0.480 e. The van der Waals surface area contributed by atoms with Gasteiger partial charge >= 0.3 is 5.97 Å². The van der Waals surface area contributed by atoms with Crippen LogP contribution in [-0.4, -0.2) is 79.3 Å². The number of carboxylic acid groups (broad SMARTS) is 1. The summed E-state index contributed by atoms with van der Waals surface area (Å²) in [6.07, 6.45) is 5.54. The molecule has 0 saturated heterocycles. The first kappa shape index (κ1) is 26.0. The maximum Gasteiger partial charge on any atom is 0.326 e. The number of hydrogen-bond donors (Lipinski definition) is 8. The lowest BCUT2D eigenvalue weighted by molar-refractivity contribution is -0.141. The van der Waals surface area contributed by atoms with Crippen molar-refractivity contribution in [2.45, 2.75) is 43.8 Å². The number of aliphatic carboxylic acids is 1. The number of carbonyl (C=O) groups excluding carboxylic acids is 4. The number of amides is 4. The van der Waals surface area contributed by atoms with E-state index in [2.05, 4.69) is 35.9 Å². The smallest absolute Gasteiger partial charge is 0.326 e. The molecule has 0 aliphatic heterocycles. The molecule has 15 heteroatoms. The van der Waals surface area contributed by atoms with Crippen LogP contribution in [0.5, 0.6) is 0 Å². The number of imidazole rings is 2. The minimum atomic E-state index is -1.26. The lowest BCUT2D eigenvalue weighted by atomic mass is 10.1. The molecule has 10 N–H and O–H groups in total. The van der Waals surface area contributed by atoms with Gasteiger partial charge < -0.3 is 42.5 Å². The van der Waals surface area contributed by atoms with Crippen molar-refractivity contribution >= 4 is 29.6 Å². The highest BCUT2D eigenvalue weighted by Crippen LogP contribution is 2.02. The number of nitrogens with zero attached hydrogens (tertiary/aromatic N) is 2. The van der Waals surface area contributed by atoms with E-state index >= 15 is 0 Å². The Balaban J connectivity index is 1.94. The van der Waals surface area contributed by atoms with Gasteiger partial charge in [0.05, 0.1) is 25.2 Å². The van der Waals surface area contributed by atoms with Crippen LogP contribution in [-0.2, 0) is 36.8 Å². The molecule has 0 bridgehead atoms. The molecule has 0 aromatic carbocycles. The molecule has 34 heavy (non-hydrogen) atoms. The van der Waals surface area contributed by atoms with Gasteiger partial charge in [0.1, 0.15) is 12.1 Å². The van der Waals surface area contributed by atoms with Crippen molar-refractivity contribution in [2.24, 2.45) is 11.5 Å². The number of nitrogens with one attached hydrogen (secondary N) is 5. The van der Waals surface area contributed by atoms with Crippen LogP contribution in [0, 0.1) is 0 Å². The van der Waals surface area contributed by atoms with Gasteiger partial charge in [-0.3, -0.25) is 19.2 Å². The van der Waals surface area contributed by atoms with E-state index in [9.17, 15) is 29.1 Å². The zero-order chi connectivity index (χ0) is 25.1.